The van der Waals surface area contributed by atoms with Crippen LogP contribution in [0, 0.1) is 5.92 Å². The lowest BCUT2D eigenvalue weighted by Gasteiger charge is -2.29. The Morgan fingerprint density at radius 1 is 1.19 bits per heavy atom. The highest BCUT2D eigenvalue weighted by atomic mass is 32.2. The molecule has 0 fully saturated rings. The van der Waals surface area contributed by atoms with E-state index in [0.717, 1.165) is 0 Å². The first-order chi connectivity index (χ1) is 7.10. The van der Waals surface area contributed by atoms with Gasteiger partial charge < -0.3 is 5.11 Å². The minimum Gasteiger partial charge on any atom is -0.480 e. The van der Waals surface area contributed by atoms with Crippen LogP contribution in [0.1, 0.15) is 34.6 Å². The summed E-state index contributed by atoms with van der Waals surface area (Å²) < 4.78 is 25.2. The highest BCUT2D eigenvalue weighted by molar-refractivity contribution is 7.90. The number of sulfonamides is 1. The number of aliphatic carboxylic acids is 1. The number of carboxylic acids is 1. The fraction of sp³-hybridized carbons (Fsp3) is 0.900. The van der Waals surface area contributed by atoms with Crippen molar-refractivity contribution in [2.45, 2.75) is 45.9 Å². The molecule has 0 radical (unpaired) electrons. The van der Waals surface area contributed by atoms with E-state index in [1.807, 2.05) is 13.8 Å². The van der Waals surface area contributed by atoms with Crippen molar-refractivity contribution in [1.82, 2.24) is 4.31 Å². The number of hydrogen-bond acceptors (Lipinski definition) is 3. The summed E-state index contributed by atoms with van der Waals surface area (Å²) in [5.74, 6) is -1.15. The van der Waals surface area contributed by atoms with Crippen LogP contribution in [0.2, 0.25) is 0 Å². The molecule has 16 heavy (non-hydrogen) atoms. The first-order valence-corrected chi connectivity index (χ1v) is 6.84. The topological polar surface area (TPSA) is 74.7 Å². The molecule has 0 aromatic heterocycles. The van der Waals surface area contributed by atoms with Crippen LogP contribution in [-0.4, -0.2) is 41.6 Å². The molecule has 96 valence electrons. The summed E-state index contributed by atoms with van der Waals surface area (Å²) in [6.45, 7) is 8.83. The summed E-state index contributed by atoms with van der Waals surface area (Å²) in [7, 11) is -3.76. The van der Waals surface area contributed by atoms with Crippen LogP contribution >= 0.6 is 0 Å². The molecule has 0 spiro atoms. The second-order valence-electron chi connectivity index (χ2n) is 4.58. The predicted octanol–water partition coefficient (Wildman–Crippen LogP) is 1.16. The standard InChI is InChI=1S/C10H21NO4S/c1-7(2)6-11(8(3)4)16(14,15)9(5)10(12)13/h7-9H,6H2,1-5H3,(H,12,13). The monoisotopic (exact) mass is 251 g/mol. The molecule has 0 aliphatic carbocycles. The molecule has 1 N–H and O–H groups in total. The van der Waals surface area contributed by atoms with E-state index in [-0.39, 0.29) is 12.0 Å². The second kappa shape index (κ2) is 5.63. The first-order valence-electron chi connectivity index (χ1n) is 5.34. The van der Waals surface area contributed by atoms with Gasteiger partial charge in [-0.2, -0.15) is 4.31 Å². The van der Waals surface area contributed by atoms with E-state index in [1.54, 1.807) is 13.8 Å². The van der Waals surface area contributed by atoms with E-state index < -0.39 is 21.2 Å². The van der Waals surface area contributed by atoms with Crippen LogP contribution in [0.3, 0.4) is 0 Å². The summed E-state index contributed by atoms with van der Waals surface area (Å²) >= 11 is 0. The summed E-state index contributed by atoms with van der Waals surface area (Å²) in [5.41, 5.74) is 0. The predicted molar refractivity (Wildman–Crippen MR) is 62.7 cm³/mol. The fourth-order valence-corrected chi connectivity index (χ4v) is 3.05. The molecule has 1 unspecified atom stereocenters. The maximum absolute atomic E-state index is 12.0. The van der Waals surface area contributed by atoms with Crippen LogP contribution in [0.15, 0.2) is 0 Å². The molecule has 0 saturated heterocycles. The van der Waals surface area contributed by atoms with Gasteiger partial charge in [-0.05, 0) is 26.7 Å². The Morgan fingerprint density at radius 2 is 1.62 bits per heavy atom. The van der Waals surface area contributed by atoms with Gasteiger partial charge in [0.2, 0.25) is 10.0 Å². The van der Waals surface area contributed by atoms with Gasteiger partial charge in [-0.25, -0.2) is 8.42 Å². The van der Waals surface area contributed by atoms with Crippen LogP contribution in [0.25, 0.3) is 0 Å². The van der Waals surface area contributed by atoms with Gasteiger partial charge in [0, 0.05) is 12.6 Å². The van der Waals surface area contributed by atoms with Crippen molar-refractivity contribution in [3.05, 3.63) is 0 Å². The zero-order chi connectivity index (χ0) is 13.1. The summed E-state index contributed by atoms with van der Waals surface area (Å²) in [5, 5.41) is 7.38. The quantitative estimate of drug-likeness (QED) is 0.768. The van der Waals surface area contributed by atoms with Crippen molar-refractivity contribution in [3.63, 3.8) is 0 Å². The molecular weight excluding hydrogens is 230 g/mol. The lowest BCUT2D eigenvalue weighted by atomic mass is 10.2. The maximum Gasteiger partial charge on any atom is 0.323 e. The van der Waals surface area contributed by atoms with E-state index in [1.165, 1.54) is 11.2 Å². The zero-order valence-electron chi connectivity index (χ0n) is 10.5. The van der Waals surface area contributed by atoms with Crippen LogP contribution in [0.5, 0.6) is 0 Å². The molecule has 5 nitrogen and oxygen atoms in total. The minimum absolute atomic E-state index is 0.165. The first kappa shape index (κ1) is 15.4. The molecule has 0 rings (SSSR count). The molecule has 6 heteroatoms. The lowest BCUT2D eigenvalue weighted by molar-refractivity contribution is -0.136. The average molecular weight is 251 g/mol. The van der Waals surface area contributed by atoms with Gasteiger partial charge >= 0.3 is 5.97 Å². The Kier molecular flexibility index (Phi) is 5.41. The molecule has 0 aromatic rings. The third-order valence-electron chi connectivity index (χ3n) is 2.24. The van der Waals surface area contributed by atoms with Gasteiger partial charge in [0.25, 0.3) is 0 Å². The molecule has 0 saturated carbocycles. The van der Waals surface area contributed by atoms with Gasteiger partial charge in [0.1, 0.15) is 0 Å². The van der Waals surface area contributed by atoms with Crippen molar-refractivity contribution in [2.75, 3.05) is 6.54 Å². The van der Waals surface area contributed by atoms with E-state index in [4.69, 9.17) is 5.11 Å². The Morgan fingerprint density at radius 3 is 1.88 bits per heavy atom. The molecular formula is C10H21NO4S. The van der Waals surface area contributed by atoms with Crippen LogP contribution < -0.4 is 0 Å². The van der Waals surface area contributed by atoms with E-state index in [2.05, 4.69) is 0 Å². The average Bonchev–Trinajstić information content (AvgIpc) is 2.11. The second-order valence-corrected chi connectivity index (χ2v) is 6.79. The van der Waals surface area contributed by atoms with E-state index in [0.29, 0.717) is 6.54 Å². The number of rotatable bonds is 6. The van der Waals surface area contributed by atoms with Crippen molar-refractivity contribution in [2.24, 2.45) is 5.92 Å². The van der Waals surface area contributed by atoms with Gasteiger partial charge in [0.15, 0.2) is 5.25 Å². The summed E-state index contributed by atoms with van der Waals surface area (Å²) in [6, 6.07) is -0.228. The lowest BCUT2D eigenvalue weighted by Crippen LogP contribution is -2.46. The highest BCUT2D eigenvalue weighted by Crippen LogP contribution is 2.15. The molecule has 0 aliphatic rings. The largest absolute Gasteiger partial charge is 0.480 e. The van der Waals surface area contributed by atoms with Crippen LogP contribution in [0.4, 0.5) is 0 Å². The Hall–Kier alpha value is -0.620. The third-order valence-corrected chi connectivity index (χ3v) is 4.56. The van der Waals surface area contributed by atoms with Gasteiger partial charge in [-0.3, -0.25) is 4.79 Å². The van der Waals surface area contributed by atoms with Crippen molar-refractivity contribution in [3.8, 4) is 0 Å². The number of hydrogen-bond donors (Lipinski definition) is 1. The summed E-state index contributed by atoms with van der Waals surface area (Å²) in [6.07, 6.45) is 0. The maximum atomic E-state index is 12.0. The zero-order valence-corrected chi connectivity index (χ0v) is 11.3. The third kappa shape index (κ3) is 3.75. The smallest absolute Gasteiger partial charge is 0.323 e. The van der Waals surface area contributed by atoms with Crippen molar-refractivity contribution >= 4 is 16.0 Å². The molecule has 0 bridgehead atoms. The highest BCUT2D eigenvalue weighted by Gasteiger charge is 2.35. The van der Waals surface area contributed by atoms with Gasteiger partial charge in [-0.1, -0.05) is 13.8 Å². The van der Waals surface area contributed by atoms with Gasteiger partial charge in [-0.15, -0.1) is 0 Å². The van der Waals surface area contributed by atoms with Gasteiger partial charge in [0.05, 0.1) is 0 Å². The Bertz CT molecular complexity index is 335. The number of carbonyl (C=O) groups is 1. The number of carboxylic acid groups (broad SMARTS) is 1. The molecule has 1 atom stereocenters. The minimum atomic E-state index is -3.76. The fourth-order valence-electron chi connectivity index (χ4n) is 1.30. The Balaban J connectivity index is 5.13. The van der Waals surface area contributed by atoms with Crippen LogP contribution in [-0.2, 0) is 14.8 Å². The van der Waals surface area contributed by atoms with Crippen molar-refractivity contribution in [1.29, 1.82) is 0 Å². The number of nitrogens with zero attached hydrogens (tertiary/aromatic N) is 1. The molecule has 0 aromatic carbocycles. The summed E-state index contributed by atoms with van der Waals surface area (Å²) in [4.78, 5) is 10.8. The SMILES string of the molecule is CC(C)CN(C(C)C)S(=O)(=O)C(C)C(=O)O. The Labute approximate surface area is 97.5 Å². The van der Waals surface area contributed by atoms with Crippen molar-refractivity contribution < 1.29 is 18.3 Å². The molecule has 0 heterocycles. The van der Waals surface area contributed by atoms with E-state index >= 15 is 0 Å². The molecule has 0 amide bonds. The van der Waals surface area contributed by atoms with E-state index in [9.17, 15) is 13.2 Å². The molecule has 0 aliphatic heterocycles. The normalized spacial score (nSPS) is 14.8.